The first-order valence-electron chi connectivity index (χ1n) is 6.78. The van der Waals surface area contributed by atoms with E-state index in [1.807, 2.05) is 24.3 Å². The number of aryl methyl sites for hydroxylation is 1. The van der Waals surface area contributed by atoms with E-state index in [9.17, 15) is 0 Å². The summed E-state index contributed by atoms with van der Waals surface area (Å²) in [6.45, 7) is 6.32. The van der Waals surface area contributed by atoms with E-state index in [1.165, 1.54) is 0 Å². The van der Waals surface area contributed by atoms with Crippen LogP contribution < -0.4 is 5.73 Å². The lowest BCUT2D eigenvalue weighted by Gasteiger charge is -2.15. The molecule has 0 saturated heterocycles. The molecule has 4 nitrogen and oxygen atoms in total. The smallest absolute Gasteiger partial charge is 0.160 e. The van der Waals surface area contributed by atoms with Gasteiger partial charge in [0.25, 0.3) is 0 Å². The summed E-state index contributed by atoms with van der Waals surface area (Å²) in [5.74, 6) is 0.893. The van der Waals surface area contributed by atoms with Gasteiger partial charge in [0.1, 0.15) is 11.3 Å². The molecule has 0 unspecified atom stereocenters. The van der Waals surface area contributed by atoms with Crippen molar-refractivity contribution < 1.29 is 0 Å². The molecule has 3 rings (SSSR count). The number of anilines is 1. The Morgan fingerprint density at radius 2 is 1.95 bits per heavy atom. The van der Waals surface area contributed by atoms with Gasteiger partial charge in [-0.25, -0.2) is 9.97 Å². The SMILES string of the molecule is Cc1cccc(N)c1-c1nc2cccnc2n1C(C)C. The van der Waals surface area contributed by atoms with Crippen molar-refractivity contribution in [3.63, 3.8) is 0 Å². The molecule has 0 aliphatic heterocycles. The lowest BCUT2D eigenvalue weighted by atomic mass is 10.1. The highest BCUT2D eigenvalue weighted by molar-refractivity contribution is 5.83. The van der Waals surface area contributed by atoms with Gasteiger partial charge in [0, 0.05) is 23.5 Å². The fraction of sp³-hybridized carbons (Fsp3) is 0.250. The maximum absolute atomic E-state index is 6.17. The third-order valence-electron chi connectivity index (χ3n) is 3.49. The topological polar surface area (TPSA) is 56.7 Å². The molecular formula is C16H18N4. The molecule has 3 aromatic rings. The summed E-state index contributed by atoms with van der Waals surface area (Å²) in [4.78, 5) is 9.21. The van der Waals surface area contributed by atoms with Gasteiger partial charge in [-0.2, -0.15) is 0 Å². The average molecular weight is 266 g/mol. The summed E-state index contributed by atoms with van der Waals surface area (Å²) >= 11 is 0. The molecular weight excluding hydrogens is 248 g/mol. The van der Waals surface area contributed by atoms with E-state index in [1.54, 1.807) is 6.20 Å². The highest BCUT2D eigenvalue weighted by Gasteiger charge is 2.18. The van der Waals surface area contributed by atoms with Crippen molar-refractivity contribution in [2.24, 2.45) is 0 Å². The zero-order chi connectivity index (χ0) is 14.3. The number of hydrogen-bond donors (Lipinski definition) is 1. The van der Waals surface area contributed by atoms with Crippen molar-refractivity contribution in [3.8, 4) is 11.4 Å². The first kappa shape index (κ1) is 12.7. The number of benzene rings is 1. The summed E-state index contributed by atoms with van der Waals surface area (Å²) in [6, 6.07) is 10.1. The van der Waals surface area contributed by atoms with Crippen LogP contribution in [0.15, 0.2) is 36.5 Å². The van der Waals surface area contributed by atoms with Crippen LogP contribution in [0, 0.1) is 6.92 Å². The quantitative estimate of drug-likeness (QED) is 0.721. The molecule has 0 aliphatic rings. The van der Waals surface area contributed by atoms with Crippen LogP contribution in [0.4, 0.5) is 5.69 Å². The van der Waals surface area contributed by atoms with Crippen LogP contribution in [-0.4, -0.2) is 14.5 Å². The van der Waals surface area contributed by atoms with Gasteiger partial charge in [-0.3, -0.25) is 0 Å². The van der Waals surface area contributed by atoms with Gasteiger partial charge in [0.05, 0.1) is 0 Å². The van der Waals surface area contributed by atoms with Crippen molar-refractivity contribution in [1.29, 1.82) is 0 Å². The number of aromatic nitrogens is 3. The molecule has 0 amide bonds. The Labute approximate surface area is 118 Å². The molecule has 102 valence electrons. The number of nitrogens with two attached hydrogens (primary N) is 1. The molecule has 0 bridgehead atoms. The van der Waals surface area contributed by atoms with E-state index in [2.05, 4.69) is 36.4 Å². The Morgan fingerprint density at radius 3 is 2.65 bits per heavy atom. The normalized spacial score (nSPS) is 11.4. The minimum Gasteiger partial charge on any atom is -0.398 e. The molecule has 0 spiro atoms. The minimum absolute atomic E-state index is 0.268. The van der Waals surface area contributed by atoms with Gasteiger partial charge in [0.2, 0.25) is 0 Å². The summed E-state index contributed by atoms with van der Waals surface area (Å²) in [5, 5.41) is 0. The Bertz CT molecular complexity index is 751. The van der Waals surface area contributed by atoms with Crippen LogP contribution in [-0.2, 0) is 0 Å². The lowest BCUT2D eigenvalue weighted by molar-refractivity contribution is 0.619. The fourth-order valence-corrected chi connectivity index (χ4v) is 2.59. The monoisotopic (exact) mass is 266 g/mol. The average Bonchev–Trinajstić information content (AvgIpc) is 2.77. The third-order valence-corrected chi connectivity index (χ3v) is 3.49. The maximum atomic E-state index is 6.17. The van der Waals surface area contributed by atoms with Crippen LogP contribution >= 0.6 is 0 Å². The summed E-state index contributed by atoms with van der Waals surface area (Å²) in [5.41, 5.74) is 10.9. The highest BCUT2D eigenvalue weighted by atomic mass is 15.1. The fourth-order valence-electron chi connectivity index (χ4n) is 2.59. The summed E-state index contributed by atoms with van der Waals surface area (Å²) in [6.07, 6.45) is 1.80. The molecule has 20 heavy (non-hydrogen) atoms. The predicted octanol–water partition coefficient (Wildman–Crippen LogP) is 3.57. The summed E-state index contributed by atoms with van der Waals surface area (Å²) in [7, 11) is 0. The van der Waals surface area contributed by atoms with E-state index in [4.69, 9.17) is 10.7 Å². The number of pyridine rings is 1. The number of nitrogens with zero attached hydrogens (tertiary/aromatic N) is 3. The van der Waals surface area contributed by atoms with E-state index in [-0.39, 0.29) is 6.04 Å². The van der Waals surface area contributed by atoms with Crippen LogP contribution in [0.25, 0.3) is 22.6 Å². The largest absolute Gasteiger partial charge is 0.398 e. The molecule has 2 aromatic heterocycles. The van der Waals surface area contributed by atoms with E-state index < -0.39 is 0 Å². The standard InChI is InChI=1S/C16H18N4/c1-10(2)20-15-13(8-5-9-18-15)19-16(20)14-11(3)6-4-7-12(14)17/h4-10H,17H2,1-3H3. The molecule has 0 atom stereocenters. The molecule has 0 fully saturated rings. The van der Waals surface area contributed by atoms with Gasteiger partial charge in [-0.1, -0.05) is 12.1 Å². The minimum atomic E-state index is 0.268. The zero-order valence-electron chi connectivity index (χ0n) is 12.0. The first-order chi connectivity index (χ1) is 9.59. The van der Waals surface area contributed by atoms with Crippen molar-refractivity contribution in [2.45, 2.75) is 26.8 Å². The number of imidazole rings is 1. The zero-order valence-corrected chi connectivity index (χ0v) is 12.0. The molecule has 2 N–H and O–H groups in total. The van der Waals surface area contributed by atoms with Crippen LogP contribution in [0.1, 0.15) is 25.5 Å². The number of hydrogen-bond acceptors (Lipinski definition) is 3. The van der Waals surface area contributed by atoms with Gasteiger partial charge in [0.15, 0.2) is 5.65 Å². The Kier molecular flexibility index (Phi) is 2.93. The molecule has 2 heterocycles. The second-order valence-electron chi connectivity index (χ2n) is 5.28. The van der Waals surface area contributed by atoms with Crippen molar-refractivity contribution in [2.75, 3.05) is 5.73 Å². The number of fused-ring (bicyclic) bond motifs is 1. The van der Waals surface area contributed by atoms with E-state index in [0.29, 0.717) is 0 Å². The number of nitrogen functional groups attached to an aromatic ring is 1. The van der Waals surface area contributed by atoms with Crippen molar-refractivity contribution in [1.82, 2.24) is 14.5 Å². The van der Waals surface area contributed by atoms with Crippen molar-refractivity contribution >= 4 is 16.9 Å². The summed E-state index contributed by atoms with van der Waals surface area (Å²) < 4.78 is 2.15. The van der Waals surface area contributed by atoms with Gasteiger partial charge in [-0.15, -0.1) is 0 Å². The van der Waals surface area contributed by atoms with Crippen LogP contribution in [0.3, 0.4) is 0 Å². The lowest BCUT2D eigenvalue weighted by Crippen LogP contribution is -2.06. The van der Waals surface area contributed by atoms with Gasteiger partial charge in [-0.05, 0) is 44.5 Å². The van der Waals surface area contributed by atoms with E-state index >= 15 is 0 Å². The molecule has 1 aromatic carbocycles. The Hall–Kier alpha value is -2.36. The van der Waals surface area contributed by atoms with Crippen LogP contribution in [0.5, 0.6) is 0 Å². The molecule has 0 saturated carbocycles. The van der Waals surface area contributed by atoms with Crippen molar-refractivity contribution in [3.05, 3.63) is 42.1 Å². The molecule has 0 aliphatic carbocycles. The van der Waals surface area contributed by atoms with Gasteiger partial charge >= 0.3 is 0 Å². The van der Waals surface area contributed by atoms with Crippen LogP contribution in [0.2, 0.25) is 0 Å². The Balaban J connectivity index is 2.39. The molecule has 0 radical (unpaired) electrons. The molecule has 4 heteroatoms. The second-order valence-corrected chi connectivity index (χ2v) is 5.28. The maximum Gasteiger partial charge on any atom is 0.160 e. The first-order valence-corrected chi connectivity index (χ1v) is 6.78. The highest BCUT2D eigenvalue weighted by Crippen LogP contribution is 2.32. The third kappa shape index (κ3) is 1.84. The second kappa shape index (κ2) is 4.63. The predicted molar refractivity (Wildman–Crippen MR) is 82.5 cm³/mol. The number of rotatable bonds is 2. The Morgan fingerprint density at radius 1 is 1.15 bits per heavy atom. The van der Waals surface area contributed by atoms with Gasteiger partial charge < -0.3 is 10.3 Å². The van der Waals surface area contributed by atoms with E-state index in [0.717, 1.165) is 33.8 Å².